The summed E-state index contributed by atoms with van der Waals surface area (Å²) in [4.78, 5) is 0. The zero-order valence-electron chi connectivity index (χ0n) is 12.8. The Labute approximate surface area is 148 Å². The van der Waals surface area contributed by atoms with Gasteiger partial charge in [0.15, 0.2) is 11.5 Å². The van der Waals surface area contributed by atoms with Crippen molar-refractivity contribution in [3.63, 3.8) is 0 Å². The topological polar surface area (TPSA) is 42.2 Å². The molecule has 118 valence electrons. The van der Waals surface area contributed by atoms with E-state index in [0.29, 0.717) is 29.2 Å². The van der Waals surface area contributed by atoms with Crippen LogP contribution in [-0.4, -0.2) is 13.7 Å². The second kappa shape index (κ2) is 7.97. The van der Waals surface area contributed by atoms with Gasteiger partial charge in [-0.1, -0.05) is 12.1 Å². The molecule has 2 rings (SSSR count). The Morgan fingerprint density at radius 2 is 2.13 bits per heavy atom. The van der Waals surface area contributed by atoms with Crippen LogP contribution in [0.1, 0.15) is 18.1 Å². The molecule has 3 nitrogen and oxygen atoms in total. The van der Waals surface area contributed by atoms with E-state index in [1.54, 1.807) is 31.4 Å². The highest BCUT2D eigenvalue weighted by molar-refractivity contribution is 14.1. The molecule has 23 heavy (non-hydrogen) atoms. The molecule has 0 spiro atoms. The van der Waals surface area contributed by atoms with Crippen molar-refractivity contribution in [3.05, 3.63) is 56.9 Å². The summed E-state index contributed by atoms with van der Waals surface area (Å²) in [7, 11) is 1.59. The van der Waals surface area contributed by atoms with Crippen molar-refractivity contribution in [2.45, 2.75) is 6.92 Å². The molecule has 0 aromatic heterocycles. The van der Waals surface area contributed by atoms with Crippen molar-refractivity contribution in [2.24, 2.45) is 0 Å². The van der Waals surface area contributed by atoms with Gasteiger partial charge < -0.3 is 9.47 Å². The number of halogens is 2. The number of hydrogen-bond acceptors (Lipinski definition) is 3. The van der Waals surface area contributed by atoms with Crippen LogP contribution in [0.2, 0.25) is 0 Å². The lowest BCUT2D eigenvalue weighted by Crippen LogP contribution is -1.98. The first-order valence-corrected chi connectivity index (χ1v) is 8.05. The fraction of sp³-hybridized carbons (Fsp3) is 0.167. The van der Waals surface area contributed by atoms with Crippen LogP contribution in [0.3, 0.4) is 0 Å². The molecule has 0 bridgehead atoms. The smallest absolute Gasteiger partial charge is 0.174 e. The fourth-order valence-corrected chi connectivity index (χ4v) is 2.98. The van der Waals surface area contributed by atoms with Crippen LogP contribution in [0.15, 0.2) is 36.4 Å². The number of nitriles is 1. The van der Waals surface area contributed by atoms with Gasteiger partial charge in [-0.2, -0.15) is 5.26 Å². The third-order valence-corrected chi connectivity index (χ3v) is 3.90. The SMILES string of the molecule is CCOc1cc(/C=C(/C#N)c2cccc(F)c2)cc(I)c1OC. The van der Waals surface area contributed by atoms with Gasteiger partial charge in [0.05, 0.1) is 28.9 Å². The lowest BCUT2D eigenvalue weighted by molar-refractivity contribution is 0.309. The molecular formula is C18H15FINO2. The van der Waals surface area contributed by atoms with Crippen LogP contribution >= 0.6 is 22.6 Å². The molecule has 0 amide bonds. The predicted octanol–water partition coefficient (Wildman–Crippen LogP) is 4.90. The predicted molar refractivity (Wildman–Crippen MR) is 96.8 cm³/mol. The van der Waals surface area contributed by atoms with Crippen molar-refractivity contribution >= 4 is 34.2 Å². The minimum Gasteiger partial charge on any atom is -0.492 e. The molecule has 0 aliphatic carbocycles. The van der Waals surface area contributed by atoms with E-state index < -0.39 is 0 Å². The molecule has 0 aliphatic heterocycles. The maximum Gasteiger partial charge on any atom is 0.174 e. The van der Waals surface area contributed by atoms with Gasteiger partial charge in [0.25, 0.3) is 0 Å². The summed E-state index contributed by atoms with van der Waals surface area (Å²) in [6.45, 7) is 2.40. The number of methoxy groups -OCH3 is 1. The fourth-order valence-electron chi connectivity index (χ4n) is 2.14. The summed E-state index contributed by atoms with van der Waals surface area (Å²) in [6.07, 6.45) is 1.71. The maximum absolute atomic E-state index is 13.4. The summed E-state index contributed by atoms with van der Waals surface area (Å²) in [5.74, 6) is 0.904. The quantitative estimate of drug-likeness (QED) is 0.390. The molecule has 2 aromatic carbocycles. The highest BCUT2D eigenvalue weighted by Gasteiger charge is 2.11. The molecule has 0 radical (unpaired) electrons. The highest BCUT2D eigenvalue weighted by atomic mass is 127. The Bertz CT molecular complexity index is 781. The molecular weight excluding hydrogens is 408 g/mol. The second-order valence-corrected chi connectivity index (χ2v) is 5.81. The number of ether oxygens (including phenoxy) is 2. The summed E-state index contributed by atoms with van der Waals surface area (Å²) in [6, 6.07) is 11.8. The monoisotopic (exact) mass is 423 g/mol. The van der Waals surface area contributed by atoms with Crippen molar-refractivity contribution in [1.29, 1.82) is 5.26 Å². The van der Waals surface area contributed by atoms with Gasteiger partial charge in [-0.25, -0.2) is 4.39 Å². The van der Waals surface area contributed by atoms with Crippen molar-refractivity contribution in [1.82, 2.24) is 0 Å². The Kier molecular flexibility index (Phi) is 5.99. The summed E-state index contributed by atoms with van der Waals surface area (Å²) in [5, 5.41) is 9.38. The van der Waals surface area contributed by atoms with Gasteiger partial charge in [0, 0.05) is 0 Å². The standard InChI is InChI=1S/C18H15FINO2/c1-3-23-17-9-12(8-16(20)18(17)22-2)7-14(11-21)13-5-4-6-15(19)10-13/h4-10H,3H2,1-2H3/b14-7-. The van der Waals surface area contributed by atoms with Crippen LogP contribution in [0.25, 0.3) is 11.6 Å². The van der Waals surface area contributed by atoms with E-state index >= 15 is 0 Å². The number of rotatable bonds is 5. The summed E-state index contributed by atoms with van der Waals surface area (Å²) in [5.41, 5.74) is 1.71. The van der Waals surface area contributed by atoms with E-state index in [0.717, 1.165) is 9.13 Å². The minimum absolute atomic E-state index is 0.372. The molecule has 0 atom stereocenters. The van der Waals surface area contributed by atoms with Crippen LogP contribution in [0.4, 0.5) is 4.39 Å². The second-order valence-electron chi connectivity index (χ2n) is 4.65. The molecule has 0 heterocycles. The molecule has 0 N–H and O–H groups in total. The Morgan fingerprint density at radius 3 is 2.74 bits per heavy atom. The van der Waals surface area contributed by atoms with Crippen LogP contribution in [0, 0.1) is 20.7 Å². The summed E-state index contributed by atoms with van der Waals surface area (Å²) >= 11 is 2.15. The van der Waals surface area contributed by atoms with Crippen LogP contribution in [0.5, 0.6) is 11.5 Å². The Morgan fingerprint density at radius 1 is 1.35 bits per heavy atom. The Balaban J connectivity index is 2.50. The molecule has 0 aliphatic rings. The summed E-state index contributed by atoms with van der Waals surface area (Å²) < 4.78 is 25.2. The third kappa shape index (κ3) is 4.23. The average molecular weight is 423 g/mol. The molecule has 5 heteroatoms. The van der Waals surface area contributed by atoms with Gasteiger partial charge in [0.2, 0.25) is 0 Å². The maximum atomic E-state index is 13.4. The Hall–Kier alpha value is -2.07. The molecule has 2 aromatic rings. The number of nitrogens with zero attached hydrogens (tertiary/aromatic N) is 1. The van der Waals surface area contributed by atoms with E-state index in [4.69, 9.17) is 9.47 Å². The van der Waals surface area contributed by atoms with E-state index in [1.165, 1.54) is 12.1 Å². The van der Waals surface area contributed by atoms with Crippen LogP contribution < -0.4 is 9.47 Å². The number of allylic oxidation sites excluding steroid dienone is 1. The first kappa shape index (κ1) is 17.3. The highest BCUT2D eigenvalue weighted by Crippen LogP contribution is 2.35. The van der Waals surface area contributed by atoms with Crippen molar-refractivity contribution < 1.29 is 13.9 Å². The van der Waals surface area contributed by atoms with E-state index in [-0.39, 0.29) is 5.82 Å². The van der Waals surface area contributed by atoms with E-state index in [2.05, 4.69) is 28.7 Å². The molecule has 0 saturated carbocycles. The minimum atomic E-state index is -0.372. The first-order valence-electron chi connectivity index (χ1n) is 6.97. The van der Waals surface area contributed by atoms with Crippen molar-refractivity contribution in [3.8, 4) is 17.6 Å². The van der Waals surface area contributed by atoms with Crippen molar-refractivity contribution in [2.75, 3.05) is 13.7 Å². The van der Waals surface area contributed by atoms with Gasteiger partial charge in [-0.3, -0.25) is 0 Å². The van der Waals surface area contributed by atoms with Gasteiger partial charge in [0.1, 0.15) is 5.82 Å². The lowest BCUT2D eigenvalue weighted by Gasteiger charge is -2.12. The zero-order valence-corrected chi connectivity index (χ0v) is 14.9. The third-order valence-electron chi connectivity index (χ3n) is 3.10. The van der Waals surface area contributed by atoms with Gasteiger partial charge in [-0.05, 0) is 71.0 Å². The number of hydrogen-bond donors (Lipinski definition) is 0. The zero-order chi connectivity index (χ0) is 16.8. The molecule has 0 unspecified atom stereocenters. The van der Waals surface area contributed by atoms with Gasteiger partial charge in [-0.15, -0.1) is 0 Å². The lowest BCUT2D eigenvalue weighted by atomic mass is 10.0. The largest absolute Gasteiger partial charge is 0.492 e. The first-order chi connectivity index (χ1) is 11.1. The average Bonchev–Trinajstić information content (AvgIpc) is 2.53. The van der Waals surface area contributed by atoms with Gasteiger partial charge >= 0.3 is 0 Å². The van der Waals surface area contributed by atoms with E-state index in [9.17, 15) is 9.65 Å². The van der Waals surface area contributed by atoms with E-state index in [1.807, 2.05) is 13.0 Å². The molecule has 0 saturated heterocycles. The van der Waals surface area contributed by atoms with Crippen LogP contribution in [-0.2, 0) is 0 Å². The normalized spacial score (nSPS) is 11.0. The molecule has 0 fully saturated rings. The number of benzene rings is 2.